The van der Waals surface area contributed by atoms with E-state index in [1.807, 2.05) is 57.2 Å². The van der Waals surface area contributed by atoms with Gasteiger partial charge < -0.3 is 9.57 Å². The van der Waals surface area contributed by atoms with Crippen LogP contribution in [0.1, 0.15) is 20.8 Å². The second-order valence-electron chi connectivity index (χ2n) is 5.51. The van der Waals surface area contributed by atoms with Crippen molar-refractivity contribution >= 4 is 11.8 Å². The zero-order valence-electron chi connectivity index (χ0n) is 12.4. The molecule has 0 heterocycles. The van der Waals surface area contributed by atoms with Gasteiger partial charge in [-0.3, -0.25) is 0 Å². The molecular weight excluding hydrogens is 266 g/mol. The summed E-state index contributed by atoms with van der Waals surface area (Å²) in [5, 5.41) is 1.15. The maximum Gasteiger partial charge on any atom is 0.448 e. The number of ether oxygens (including phenoxy) is 1. The molecule has 0 saturated heterocycles. The molecule has 0 spiro atoms. The van der Waals surface area contributed by atoms with Crippen molar-refractivity contribution in [3.05, 3.63) is 60.7 Å². The summed E-state index contributed by atoms with van der Waals surface area (Å²) in [6.45, 7) is 5.45. The Balaban J connectivity index is 2.25. The third-order valence-corrected chi connectivity index (χ3v) is 2.49. The fourth-order valence-electron chi connectivity index (χ4n) is 1.65. The first kappa shape index (κ1) is 14.9. The predicted octanol–water partition coefficient (Wildman–Crippen LogP) is 4.42. The van der Waals surface area contributed by atoms with Crippen molar-refractivity contribution in [2.75, 3.05) is 5.06 Å². The predicted molar refractivity (Wildman–Crippen MR) is 82.2 cm³/mol. The largest absolute Gasteiger partial charge is 0.448 e. The number of hydrogen-bond donors (Lipinski definition) is 0. The van der Waals surface area contributed by atoms with Crippen LogP contribution in [0.25, 0.3) is 0 Å². The van der Waals surface area contributed by atoms with Crippen molar-refractivity contribution in [3.63, 3.8) is 0 Å². The number of hydroxylamine groups is 1. The number of benzene rings is 2. The summed E-state index contributed by atoms with van der Waals surface area (Å²) in [4.78, 5) is 18.0. The highest BCUT2D eigenvalue weighted by Gasteiger charge is 2.25. The summed E-state index contributed by atoms with van der Waals surface area (Å²) in [6, 6.07) is 18.2. The van der Waals surface area contributed by atoms with Crippen LogP contribution >= 0.6 is 0 Å². The third kappa shape index (κ3) is 4.53. The van der Waals surface area contributed by atoms with Gasteiger partial charge >= 0.3 is 6.09 Å². The Morgan fingerprint density at radius 2 is 1.43 bits per heavy atom. The standard InChI is InChI=1S/C17H19NO3/c1-17(2,3)20-16(19)18(14-10-6-4-7-11-14)21-15-12-8-5-9-13-15/h4-13H,1-3H3. The van der Waals surface area contributed by atoms with E-state index < -0.39 is 11.7 Å². The van der Waals surface area contributed by atoms with Crippen LogP contribution in [0, 0.1) is 0 Å². The van der Waals surface area contributed by atoms with Crippen LogP contribution < -0.4 is 9.90 Å². The van der Waals surface area contributed by atoms with E-state index in [1.54, 1.807) is 24.3 Å². The summed E-state index contributed by atoms with van der Waals surface area (Å²) in [5.41, 5.74) is 0.0139. The second kappa shape index (κ2) is 6.31. The quantitative estimate of drug-likeness (QED) is 0.783. The van der Waals surface area contributed by atoms with Crippen molar-refractivity contribution in [2.24, 2.45) is 0 Å². The van der Waals surface area contributed by atoms with Crippen molar-refractivity contribution in [3.8, 4) is 5.75 Å². The van der Waals surface area contributed by atoms with Gasteiger partial charge in [0.05, 0.1) is 5.69 Å². The van der Waals surface area contributed by atoms with Crippen molar-refractivity contribution in [2.45, 2.75) is 26.4 Å². The van der Waals surface area contributed by atoms with Crippen molar-refractivity contribution < 1.29 is 14.4 Å². The van der Waals surface area contributed by atoms with Crippen molar-refractivity contribution in [1.29, 1.82) is 0 Å². The van der Waals surface area contributed by atoms with E-state index in [1.165, 1.54) is 0 Å². The van der Waals surface area contributed by atoms with Gasteiger partial charge in [-0.15, -0.1) is 5.06 Å². The summed E-state index contributed by atoms with van der Waals surface area (Å²) < 4.78 is 5.39. The first-order valence-corrected chi connectivity index (χ1v) is 6.77. The summed E-state index contributed by atoms with van der Waals surface area (Å²) >= 11 is 0. The number of carbonyl (C=O) groups excluding carboxylic acids is 1. The molecule has 0 aromatic heterocycles. The molecule has 110 valence electrons. The molecule has 0 fully saturated rings. The van der Waals surface area contributed by atoms with Crippen LogP contribution in [-0.2, 0) is 4.74 Å². The summed E-state index contributed by atoms with van der Waals surface area (Å²) in [5.74, 6) is 0.562. The van der Waals surface area contributed by atoms with Gasteiger partial charge in [-0.1, -0.05) is 36.4 Å². The maximum atomic E-state index is 12.3. The lowest BCUT2D eigenvalue weighted by molar-refractivity contribution is 0.0438. The van der Waals surface area contributed by atoms with Gasteiger partial charge in [0.2, 0.25) is 0 Å². The van der Waals surface area contributed by atoms with E-state index >= 15 is 0 Å². The van der Waals surface area contributed by atoms with E-state index in [-0.39, 0.29) is 0 Å². The van der Waals surface area contributed by atoms with Gasteiger partial charge in [-0.2, -0.15) is 0 Å². The van der Waals surface area contributed by atoms with Gasteiger partial charge in [0.15, 0.2) is 5.75 Å². The topological polar surface area (TPSA) is 38.8 Å². The minimum absolute atomic E-state index is 0.558. The Morgan fingerprint density at radius 3 is 1.95 bits per heavy atom. The number of nitrogens with zero attached hydrogens (tertiary/aromatic N) is 1. The fourth-order valence-corrected chi connectivity index (χ4v) is 1.65. The van der Waals surface area contributed by atoms with E-state index in [0.717, 1.165) is 5.06 Å². The summed E-state index contributed by atoms with van der Waals surface area (Å²) in [7, 11) is 0. The molecule has 0 aliphatic carbocycles. The molecule has 0 N–H and O–H groups in total. The van der Waals surface area contributed by atoms with Crippen LogP contribution in [-0.4, -0.2) is 11.7 Å². The van der Waals surface area contributed by atoms with E-state index in [4.69, 9.17) is 9.57 Å². The highest BCUT2D eigenvalue weighted by atomic mass is 16.7. The minimum atomic E-state index is -0.593. The highest BCUT2D eigenvalue weighted by Crippen LogP contribution is 2.21. The fraction of sp³-hybridized carbons (Fsp3) is 0.235. The van der Waals surface area contributed by atoms with Gasteiger partial charge in [0, 0.05) is 0 Å². The molecule has 2 rings (SSSR count). The van der Waals surface area contributed by atoms with Crippen molar-refractivity contribution in [1.82, 2.24) is 0 Å². The normalized spacial score (nSPS) is 10.8. The Labute approximate surface area is 124 Å². The molecule has 0 aliphatic rings. The molecule has 0 atom stereocenters. The molecule has 2 aromatic rings. The molecule has 1 amide bonds. The first-order chi connectivity index (χ1) is 9.96. The third-order valence-electron chi connectivity index (χ3n) is 2.49. The monoisotopic (exact) mass is 285 g/mol. The van der Waals surface area contributed by atoms with Crippen LogP contribution in [0.15, 0.2) is 60.7 Å². The number of carbonyl (C=O) groups is 1. The highest BCUT2D eigenvalue weighted by molar-refractivity contribution is 5.86. The van der Waals surface area contributed by atoms with E-state index in [0.29, 0.717) is 11.4 Å². The summed E-state index contributed by atoms with van der Waals surface area (Å²) in [6.07, 6.45) is -0.558. The Hall–Kier alpha value is -2.49. The SMILES string of the molecule is CC(C)(C)OC(=O)N(Oc1ccccc1)c1ccccc1. The number of amides is 1. The molecule has 0 unspecified atom stereocenters. The van der Waals surface area contributed by atoms with Crippen LogP contribution in [0.3, 0.4) is 0 Å². The average molecular weight is 285 g/mol. The lowest BCUT2D eigenvalue weighted by Gasteiger charge is -2.26. The van der Waals surface area contributed by atoms with Gasteiger partial charge in [0.1, 0.15) is 5.60 Å². The molecular formula is C17H19NO3. The zero-order valence-corrected chi connectivity index (χ0v) is 12.4. The lowest BCUT2D eigenvalue weighted by Crippen LogP contribution is -2.39. The van der Waals surface area contributed by atoms with Gasteiger partial charge in [-0.05, 0) is 45.0 Å². The molecule has 2 aromatic carbocycles. The Bertz CT molecular complexity index is 576. The molecule has 0 aliphatic heterocycles. The number of para-hydroxylation sites is 2. The average Bonchev–Trinajstić information content (AvgIpc) is 2.45. The molecule has 0 radical (unpaired) electrons. The molecule has 4 heteroatoms. The Morgan fingerprint density at radius 1 is 0.905 bits per heavy atom. The van der Waals surface area contributed by atoms with E-state index in [2.05, 4.69) is 0 Å². The Kier molecular flexibility index (Phi) is 4.48. The van der Waals surface area contributed by atoms with E-state index in [9.17, 15) is 4.79 Å². The minimum Gasteiger partial charge on any atom is -0.441 e. The number of rotatable bonds is 3. The number of hydrogen-bond acceptors (Lipinski definition) is 3. The first-order valence-electron chi connectivity index (χ1n) is 6.77. The number of anilines is 1. The second-order valence-corrected chi connectivity index (χ2v) is 5.51. The molecule has 21 heavy (non-hydrogen) atoms. The molecule has 4 nitrogen and oxygen atoms in total. The van der Waals surface area contributed by atoms with Crippen LogP contribution in [0.2, 0.25) is 0 Å². The maximum absolute atomic E-state index is 12.3. The van der Waals surface area contributed by atoms with Crippen LogP contribution in [0.4, 0.5) is 10.5 Å². The van der Waals surface area contributed by atoms with Gasteiger partial charge in [0.25, 0.3) is 0 Å². The zero-order chi connectivity index (χ0) is 15.3. The lowest BCUT2D eigenvalue weighted by atomic mass is 10.2. The van der Waals surface area contributed by atoms with Crippen LogP contribution in [0.5, 0.6) is 5.75 Å². The molecule has 0 bridgehead atoms. The molecule has 0 saturated carbocycles. The smallest absolute Gasteiger partial charge is 0.441 e. The van der Waals surface area contributed by atoms with Gasteiger partial charge in [-0.25, -0.2) is 4.79 Å².